The van der Waals surface area contributed by atoms with Gasteiger partial charge in [-0.3, -0.25) is 0 Å². The Bertz CT molecular complexity index is 1280. The SMILES string of the molecule is Fc1ccc(-n2c(C3CCOCC3)c(I)c3c(OCc4ccccc4)c(F)cc(F)c32)cc1. The van der Waals surface area contributed by atoms with Gasteiger partial charge in [0.05, 0.1) is 10.9 Å². The molecule has 5 rings (SSSR count). The fraction of sp³-hybridized carbons (Fsp3) is 0.231. The molecule has 1 saturated heterocycles. The molecule has 0 unspecified atom stereocenters. The zero-order chi connectivity index (χ0) is 22.9. The van der Waals surface area contributed by atoms with Gasteiger partial charge in [0.2, 0.25) is 0 Å². The maximum Gasteiger partial charge on any atom is 0.168 e. The van der Waals surface area contributed by atoms with Crippen LogP contribution in [0.2, 0.25) is 0 Å². The molecular formula is C26H21F3INO2. The van der Waals surface area contributed by atoms with Crippen LogP contribution in [-0.4, -0.2) is 17.8 Å². The van der Waals surface area contributed by atoms with Crippen molar-refractivity contribution in [3.63, 3.8) is 0 Å². The van der Waals surface area contributed by atoms with E-state index in [9.17, 15) is 4.39 Å². The summed E-state index contributed by atoms with van der Waals surface area (Å²) in [7, 11) is 0. The van der Waals surface area contributed by atoms with Crippen molar-refractivity contribution in [2.45, 2.75) is 25.4 Å². The highest BCUT2D eigenvalue weighted by Crippen LogP contribution is 2.44. The third kappa shape index (κ3) is 4.24. The Hall–Kier alpha value is -2.52. The van der Waals surface area contributed by atoms with E-state index < -0.39 is 11.6 Å². The Morgan fingerprint density at radius 1 is 0.939 bits per heavy atom. The smallest absolute Gasteiger partial charge is 0.168 e. The summed E-state index contributed by atoms with van der Waals surface area (Å²) in [6.07, 6.45) is 1.52. The molecule has 0 amide bonds. The first kappa shape index (κ1) is 22.3. The molecule has 1 fully saturated rings. The predicted molar refractivity (Wildman–Crippen MR) is 129 cm³/mol. The van der Waals surface area contributed by atoms with E-state index >= 15 is 8.78 Å². The highest BCUT2D eigenvalue weighted by Gasteiger charge is 2.30. The van der Waals surface area contributed by atoms with Crippen molar-refractivity contribution in [1.82, 2.24) is 4.57 Å². The van der Waals surface area contributed by atoms with E-state index in [4.69, 9.17) is 9.47 Å². The van der Waals surface area contributed by atoms with Crippen molar-refractivity contribution in [2.24, 2.45) is 0 Å². The molecular weight excluding hydrogens is 542 g/mol. The Morgan fingerprint density at radius 2 is 1.64 bits per heavy atom. The lowest BCUT2D eigenvalue weighted by atomic mass is 9.96. The molecule has 0 spiro atoms. The van der Waals surface area contributed by atoms with E-state index in [0.29, 0.717) is 24.3 Å². The summed E-state index contributed by atoms with van der Waals surface area (Å²) in [5, 5.41) is 0.398. The second kappa shape index (κ2) is 9.38. The van der Waals surface area contributed by atoms with Crippen LogP contribution in [0.15, 0.2) is 60.7 Å². The Balaban J connectivity index is 1.73. The number of aromatic nitrogens is 1. The highest BCUT2D eigenvalue weighted by atomic mass is 127. The third-order valence-corrected chi connectivity index (χ3v) is 7.08. The normalized spacial score (nSPS) is 14.7. The minimum Gasteiger partial charge on any atom is -0.485 e. The van der Waals surface area contributed by atoms with Gasteiger partial charge in [-0.15, -0.1) is 0 Å². The Morgan fingerprint density at radius 3 is 2.33 bits per heavy atom. The van der Waals surface area contributed by atoms with E-state index in [1.165, 1.54) is 12.1 Å². The first-order chi connectivity index (χ1) is 16.0. The van der Waals surface area contributed by atoms with Gasteiger partial charge in [-0.2, -0.15) is 0 Å². The summed E-state index contributed by atoms with van der Waals surface area (Å²) in [4.78, 5) is 0. The monoisotopic (exact) mass is 563 g/mol. The first-order valence-corrected chi connectivity index (χ1v) is 11.8. The quantitative estimate of drug-likeness (QED) is 0.242. The largest absolute Gasteiger partial charge is 0.485 e. The lowest BCUT2D eigenvalue weighted by molar-refractivity contribution is 0.0841. The molecule has 0 saturated carbocycles. The molecule has 1 aliphatic heterocycles. The van der Waals surface area contributed by atoms with E-state index in [0.717, 1.165) is 33.7 Å². The molecule has 0 radical (unpaired) electrons. The molecule has 170 valence electrons. The number of ether oxygens (including phenoxy) is 2. The van der Waals surface area contributed by atoms with Crippen LogP contribution in [0, 0.1) is 21.0 Å². The van der Waals surface area contributed by atoms with Crippen molar-refractivity contribution in [2.75, 3.05) is 13.2 Å². The minimum atomic E-state index is -0.747. The molecule has 3 aromatic carbocycles. The van der Waals surface area contributed by atoms with Crippen molar-refractivity contribution in [3.05, 3.63) is 92.9 Å². The molecule has 1 aromatic heterocycles. The van der Waals surface area contributed by atoms with Crippen LogP contribution in [0.5, 0.6) is 5.75 Å². The summed E-state index contributed by atoms with van der Waals surface area (Å²) >= 11 is 2.16. The van der Waals surface area contributed by atoms with E-state index in [1.807, 2.05) is 30.3 Å². The van der Waals surface area contributed by atoms with Gasteiger partial charge in [-0.1, -0.05) is 30.3 Å². The number of hydrogen-bond acceptors (Lipinski definition) is 2. The maximum absolute atomic E-state index is 15.4. The molecule has 0 N–H and O–H groups in total. The van der Waals surface area contributed by atoms with Gasteiger partial charge in [0.1, 0.15) is 12.4 Å². The molecule has 3 nitrogen and oxygen atoms in total. The van der Waals surface area contributed by atoms with Gasteiger partial charge in [0.15, 0.2) is 17.4 Å². The minimum absolute atomic E-state index is 0.0221. The molecule has 7 heteroatoms. The van der Waals surface area contributed by atoms with Crippen molar-refractivity contribution < 1.29 is 22.6 Å². The molecule has 1 aliphatic rings. The average molecular weight is 563 g/mol. The van der Waals surface area contributed by atoms with Crippen molar-refractivity contribution >= 4 is 33.5 Å². The summed E-state index contributed by atoms with van der Waals surface area (Å²) in [6.45, 7) is 1.35. The molecule has 0 bridgehead atoms. The second-order valence-corrected chi connectivity index (χ2v) is 9.14. The Labute approximate surface area is 203 Å². The van der Waals surface area contributed by atoms with Crippen molar-refractivity contribution in [1.29, 1.82) is 0 Å². The topological polar surface area (TPSA) is 23.4 Å². The maximum atomic E-state index is 15.4. The molecule has 0 atom stereocenters. The van der Waals surface area contributed by atoms with Crippen LogP contribution < -0.4 is 4.74 Å². The second-order valence-electron chi connectivity index (χ2n) is 8.06. The zero-order valence-corrected chi connectivity index (χ0v) is 19.8. The molecule has 33 heavy (non-hydrogen) atoms. The summed E-state index contributed by atoms with van der Waals surface area (Å²) in [5.74, 6) is -1.70. The van der Waals surface area contributed by atoms with Crippen molar-refractivity contribution in [3.8, 4) is 11.4 Å². The van der Waals surface area contributed by atoms with E-state index in [1.54, 1.807) is 16.7 Å². The number of rotatable bonds is 5. The first-order valence-electron chi connectivity index (χ1n) is 10.8. The van der Waals surface area contributed by atoms with E-state index in [-0.39, 0.29) is 29.6 Å². The van der Waals surface area contributed by atoms with Gasteiger partial charge >= 0.3 is 0 Å². The van der Waals surface area contributed by atoms with Crippen LogP contribution in [-0.2, 0) is 11.3 Å². The van der Waals surface area contributed by atoms with Crippen LogP contribution in [0.25, 0.3) is 16.6 Å². The highest BCUT2D eigenvalue weighted by molar-refractivity contribution is 14.1. The van der Waals surface area contributed by atoms with Gasteiger partial charge < -0.3 is 14.0 Å². The number of fused-ring (bicyclic) bond motifs is 1. The van der Waals surface area contributed by atoms with Crippen LogP contribution in [0.4, 0.5) is 13.2 Å². The molecule has 2 heterocycles. The van der Waals surface area contributed by atoms with E-state index in [2.05, 4.69) is 22.6 Å². The summed E-state index contributed by atoms with van der Waals surface area (Å²) < 4.78 is 58.1. The number of benzene rings is 3. The predicted octanol–water partition coefficient (Wildman–Crippen LogP) is 7.13. The number of nitrogens with zero attached hydrogens (tertiary/aromatic N) is 1. The fourth-order valence-corrected chi connectivity index (χ4v) is 5.60. The van der Waals surface area contributed by atoms with Gasteiger partial charge in [0.25, 0.3) is 0 Å². The number of halogens is 4. The molecule has 4 aromatic rings. The van der Waals surface area contributed by atoms with Crippen LogP contribution >= 0.6 is 22.6 Å². The Kier molecular flexibility index (Phi) is 6.34. The summed E-state index contributed by atoms with van der Waals surface area (Å²) in [6, 6.07) is 16.2. The van der Waals surface area contributed by atoms with Gasteiger partial charge in [0, 0.05) is 40.1 Å². The fourth-order valence-electron chi connectivity index (χ4n) is 4.42. The van der Waals surface area contributed by atoms with Gasteiger partial charge in [-0.05, 0) is 65.3 Å². The standard InChI is InChI=1S/C26H21F3INO2/c27-18-6-8-19(9-7-18)31-24(17-10-12-32-13-11-17)23(30)22-25(31)20(28)14-21(29)26(22)33-15-16-4-2-1-3-5-16/h1-9,14,17H,10-13,15H2. The summed E-state index contributed by atoms with van der Waals surface area (Å²) in [5.41, 5.74) is 2.60. The average Bonchev–Trinajstić information content (AvgIpc) is 3.14. The van der Waals surface area contributed by atoms with Crippen LogP contribution in [0.1, 0.15) is 30.0 Å². The lowest BCUT2D eigenvalue weighted by Crippen LogP contribution is -2.17. The molecule has 0 aliphatic carbocycles. The lowest BCUT2D eigenvalue weighted by Gasteiger charge is -2.24. The van der Waals surface area contributed by atoms with Crippen LogP contribution in [0.3, 0.4) is 0 Å². The third-order valence-electron chi connectivity index (χ3n) is 5.99. The van der Waals surface area contributed by atoms with Gasteiger partial charge in [-0.25, -0.2) is 13.2 Å². The zero-order valence-electron chi connectivity index (χ0n) is 17.7. The number of hydrogen-bond donors (Lipinski definition) is 0.